The summed E-state index contributed by atoms with van der Waals surface area (Å²) in [6.07, 6.45) is 1.87. The van der Waals surface area contributed by atoms with Crippen molar-refractivity contribution in [3.05, 3.63) is 34.3 Å². The van der Waals surface area contributed by atoms with Crippen LogP contribution in [0.2, 0.25) is 0 Å². The Balaban J connectivity index is 2.08. The zero-order valence-corrected chi connectivity index (χ0v) is 16.3. The normalized spacial score (nSPS) is 10.4. The average Bonchev–Trinajstić information content (AvgIpc) is 2.58. The number of carbonyl (C=O) groups is 3. The highest BCUT2D eigenvalue weighted by Gasteiger charge is 2.07. The standard InChI is InChI=1S/C18H26BrN3O3/c1-13(2)4-9-16(23)22-12-17(24)20-10-3-11-21-18(25)14-5-7-15(19)8-6-14/h5-8,13H,3-4,9-12H2,1-2H3,(H,20,24)(H,21,25)(H,22,23). The van der Waals surface area contributed by atoms with Gasteiger partial charge in [0.15, 0.2) is 0 Å². The molecular weight excluding hydrogens is 386 g/mol. The van der Waals surface area contributed by atoms with E-state index in [0.717, 1.165) is 10.9 Å². The van der Waals surface area contributed by atoms with Crippen LogP contribution in [-0.2, 0) is 9.59 Å². The largest absolute Gasteiger partial charge is 0.355 e. The minimum atomic E-state index is -0.225. The van der Waals surface area contributed by atoms with Gasteiger partial charge in [0.1, 0.15) is 0 Å². The molecule has 1 aromatic rings. The SMILES string of the molecule is CC(C)CCC(=O)NCC(=O)NCCCNC(=O)c1ccc(Br)cc1. The van der Waals surface area contributed by atoms with Gasteiger partial charge < -0.3 is 16.0 Å². The van der Waals surface area contributed by atoms with Crippen LogP contribution in [0.25, 0.3) is 0 Å². The van der Waals surface area contributed by atoms with Gasteiger partial charge in [-0.25, -0.2) is 0 Å². The maximum absolute atomic E-state index is 11.9. The lowest BCUT2D eigenvalue weighted by Gasteiger charge is -2.08. The predicted molar refractivity (Wildman–Crippen MR) is 101 cm³/mol. The lowest BCUT2D eigenvalue weighted by atomic mass is 10.1. The first-order valence-corrected chi connectivity index (χ1v) is 9.25. The monoisotopic (exact) mass is 411 g/mol. The summed E-state index contributed by atoms with van der Waals surface area (Å²) in [4.78, 5) is 35.0. The van der Waals surface area contributed by atoms with E-state index in [1.54, 1.807) is 12.1 Å². The summed E-state index contributed by atoms with van der Waals surface area (Å²) in [6.45, 7) is 5.00. The first kappa shape index (κ1) is 21.2. The van der Waals surface area contributed by atoms with Crippen LogP contribution in [0.5, 0.6) is 0 Å². The van der Waals surface area contributed by atoms with Gasteiger partial charge in [-0.15, -0.1) is 0 Å². The Morgan fingerprint density at radius 1 is 0.960 bits per heavy atom. The Labute approximate surface area is 157 Å². The predicted octanol–water partition coefficient (Wildman–Crippen LogP) is 2.24. The molecule has 7 heteroatoms. The van der Waals surface area contributed by atoms with Crippen LogP contribution in [-0.4, -0.2) is 37.4 Å². The van der Waals surface area contributed by atoms with Crippen molar-refractivity contribution in [3.63, 3.8) is 0 Å². The van der Waals surface area contributed by atoms with Gasteiger partial charge in [0.2, 0.25) is 11.8 Å². The van der Waals surface area contributed by atoms with E-state index in [9.17, 15) is 14.4 Å². The summed E-state index contributed by atoms with van der Waals surface area (Å²) in [5.41, 5.74) is 0.594. The fourth-order valence-corrected chi connectivity index (χ4v) is 2.24. The van der Waals surface area contributed by atoms with Gasteiger partial charge in [-0.05, 0) is 43.0 Å². The van der Waals surface area contributed by atoms with Crippen LogP contribution in [0.15, 0.2) is 28.7 Å². The number of amides is 3. The Morgan fingerprint density at radius 2 is 1.60 bits per heavy atom. The lowest BCUT2D eigenvalue weighted by molar-refractivity contribution is -0.126. The fourth-order valence-electron chi connectivity index (χ4n) is 1.97. The van der Waals surface area contributed by atoms with Crippen molar-refractivity contribution in [1.82, 2.24) is 16.0 Å². The Kier molecular flexibility index (Phi) is 9.84. The molecule has 3 amide bonds. The molecule has 0 spiro atoms. The Bertz CT molecular complexity index is 573. The molecule has 0 bridgehead atoms. The minimum absolute atomic E-state index is 0.0117. The molecule has 138 valence electrons. The van der Waals surface area contributed by atoms with E-state index < -0.39 is 0 Å². The van der Waals surface area contributed by atoms with Crippen molar-refractivity contribution in [2.45, 2.75) is 33.1 Å². The second kappa shape index (κ2) is 11.6. The average molecular weight is 412 g/mol. The summed E-state index contributed by atoms with van der Waals surface area (Å²) in [5, 5.41) is 8.11. The van der Waals surface area contributed by atoms with E-state index in [1.807, 2.05) is 12.1 Å². The highest BCUT2D eigenvalue weighted by atomic mass is 79.9. The van der Waals surface area contributed by atoms with Crippen LogP contribution in [0, 0.1) is 5.92 Å². The molecule has 3 N–H and O–H groups in total. The summed E-state index contributed by atoms with van der Waals surface area (Å²) in [7, 11) is 0. The zero-order valence-electron chi connectivity index (χ0n) is 14.7. The fraction of sp³-hybridized carbons (Fsp3) is 0.500. The molecule has 1 rings (SSSR count). The second-order valence-corrected chi connectivity index (χ2v) is 7.09. The van der Waals surface area contributed by atoms with Crippen molar-refractivity contribution in [1.29, 1.82) is 0 Å². The van der Waals surface area contributed by atoms with Gasteiger partial charge in [-0.3, -0.25) is 14.4 Å². The van der Waals surface area contributed by atoms with Crippen molar-refractivity contribution < 1.29 is 14.4 Å². The molecule has 25 heavy (non-hydrogen) atoms. The maximum Gasteiger partial charge on any atom is 0.251 e. The topological polar surface area (TPSA) is 87.3 Å². The van der Waals surface area contributed by atoms with Gasteiger partial charge in [-0.2, -0.15) is 0 Å². The van der Waals surface area contributed by atoms with Gasteiger partial charge in [0.05, 0.1) is 6.54 Å². The summed E-state index contributed by atoms with van der Waals surface area (Å²) in [6, 6.07) is 7.10. The van der Waals surface area contributed by atoms with Gasteiger partial charge >= 0.3 is 0 Å². The number of rotatable bonds is 10. The van der Waals surface area contributed by atoms with Crippen molar-refractivity contribution in [2.24, 2.45) is 5.92 Å². The number of nitrogens with one attached hydrogen (secondary N) is 3. The summed E-state index contributed by atoms with van der Waals surface area (Å²) < 4.78 is 0.919. The van der Waals surface area contributed by atoms with E-state index in [2.05, 4.69) is 45.7 Å². The van der Waals surface area contributed by atoms with Crippen LogP contribution < -0.4 is 16.0 Å². The smallest absolute Gasteiger partial charge is 0.251 e. The highest BCUT2D eigenvalue weighted by Crippen LogP contribution is 2.10. The van der Waals surface area contributed by atoms with Crippen molar-refractivity contribution in [3.8, 4) is 0 Å². The molecule has 0 radical (unpaired) electrons. The summed E-state index contributed by atoms with van der Waals surface area (Å²) in [5.74, 6) is -0.00816. The number of halogens is 1. The van der Waals surface area contributed by atoms with E-state index >= 15 is 0 Å². The molecule has 0 saturated heterocycles. The summed E-state index contributed by atoms with van der Waals surface area (Å²) >= 11 is 3.32. The van der Waals surface area contributed by atoms with Crippen molar-refractivity contribution >= 4 is 33.7 Å². The Hall–Kier alpha value is -1.89. The molecule has 1 aromatic carbocycles. The van der Waals surface area contributed by atoms with Gasteiger partial charge in [0.25, 0.3) is 5.91 Å². The van der Waals surface area contributed by atoms with E-state index in [0.29, 0.717) is 37.4 Å². The quantitative estimate of drug-likeness (QED) is 0.515. The van der Waals surface area contributed by atoms with Gasteiger partial charge in [-0.1, -0.05) is 29.8 Å². The molecule has 0 atom stereocenters. The number of hydrogen-bond donors (Lipinski definition) is 3. The number of benzene rings is 1. The molecule has 0 unspecified atom stereocenters. The molecule has 0 saturated carbocycles. The number of hydrogen-bond acceptors (Lipinski definition) is 3. The first-order chi connectivity index (χ1) is 11.9. The third kappa shape index (κ3) is 9.86. The number of carbonyl (C=O) groups excluding carboxylic acids is 3. The highest BCUT2D eigenvalue weighted by molar-refractivity contribution is 9.10. The molecule has 0 fully saturated rings. The third-order valence-corrected chi connectivity index (χ3v) is 3.99. The molecule has 0 aromatic heterocycles. The van der Waals surface area contributed by atoms with Crippen molar-refractivity contribution in [2.75, 3.05) is 19.6 Å². The van der Waals surface area contributed by atoms with E-state index in [4.69, 9.17) is 0 Å². The molecule has 6 nitrogen and oxygen atoms in total. The van der Waals surface area contributed by atoms with E-state index in [1.165, 1.54) is 0 Å². The van der Waals surface area contributed by atoms with Crippen LogP contribution in [0.1, 0.15) is 43.5 Å². The van der Waals surface area contributed by atoms with E-state index in [-0.39, 0.29) is 24.3 Å². The van der Waals surface area contributed by atoms with Crippen LogP contribution >= 0.6 is 15.9 Å². The maximum atomic E-state index is 11.9. The Morgan fingerprint density at radius 3 is 2.24 bits per heavy atom. The second-order valence-electron chi connectivity index (χ2n) is 6.18. The van der Waals surface area contributed by atoms with Gasteiger partial charge in [0, 0.05) is 29.5 Å². The third-order valence-electron chi connectivity index (χ3n) is 3.46. The molecule has 0 aliphatic rings. The molecule has 0 heterocycles. The lowest BCUT2D eigenvalue weighted by Crippen LogP contribution is -2.38. The van der Waals surface area contributed by atoms with Crippen LogP contribution in [0.4, 0.5) is 0 Å². The molecule has 0 aliphatic heterocycles. The van der Waals surface area contributed by atoms with Crippen LogP contribution in [0.3, 0.4) is 0 Å². The zero-order chi connectivity index (χ0) is 18.7. The molecular formula is C18H26BrN3O3. The molecule has 0 aliphatic carbocycles. The minimum Gasteiger partial charge on any atom is -0.355 e. The first-order valence-electron chi connectivity index (χ1n) is 8.45.